The number of amides is 1. The first-order valence-electron chi connectivity index (χ1n) is 11.0. The van der Waals surface area contributed by atoms with E-state index >= 15 is 0 Å². The van der Waals surface area contributed by atoms with Gasteiger partial charge in [-0.25, -0.2) is 9.97 Å². The van der Waals surface area contributed by atoms with Crippen LogP contribution in [0.4, 0.5) is 11.8 Å². The van der Waals surface area contributed by atoms with Crippen molar-refractivity contribution in [1.29, 1.82) is 0 Å². The molecule has 1 aliphatic heterocycles. The smallest absolute Gasteiger partial charge is 0.260 e. The number of hydrogen-bond donors (Lipinski definition) is 1. The molecule has 180 valence electrons. The Hall–Kier alpha value is -3.63. The molecule has 1 fully saturated rings. The summed E-state index contributed by atoms with van der Waals surface area (Å²) >= 11 is 7.35. The zero-order valence-corrected chi connectivity index (χ0v) is 20.6. The summed E-state index contributed by atoms with van der Waals surface area (Å²) in [6.07, 6.45) is 0. The molecule has 11 heteroatoms. The van der Waals surface area contributed by atoms with Crippen molar-refractivity contribution in [2.75, 3.05) is 50.5 Å². The third-order valence-electron chi connectivity index (χ3n) is 5.68. The second-order valence-electron chi connectivity index (χ2n) is 7.92. The van der Waals surface area contributed by atoms with Gasteiger partial charge in [-0.3, -0.25) is 4.79 Å². The quantitative estimate of drug-likeness (QED) is 0.418. The van der Waals surface area contributed by atoms with E-state index < -0.39 is 0 Å². The van der Waals surface area contributed by atoms with Gasteiger partial charge in [-0.2, -0.15) is 4.98 Å². The Morgan fingerprint density at radius 3 is 2.57 bits per heavy atom. The number of nitrogens with two attached hydrogens (primary N) is 1. The van der Waals surface area contributed by atoms with Gasteiger partial charge in [-0.1, -0.05) is 35.1 Å². The monoisotopic (exact) mass is 510 g/mol. The number of anilines is 2. The van der Waals surface area contributed by atoms with Gasteiger partial charge in [-0.15, -0.1) is 0 Å². The highest BCUT2D eigenvalue weighted by Crippen LogP contribution is 2.35. The molecule has 3 heterocycles. The van der Waals surface area contributed by atoms with E-state index in [1.807, 2.05) is 24.3 Å². The van der Waals surface area contributed by atoms with Crippen molar-refractivity contribution in [3.63, 3.8) is 0 Å². The molecule has 0 aliphatic carbocycles. The van der Waals surface area contributed by atoms with Gasteiger partial charge in [0, 0.05) is 36.8 Å². The van der Waals surface area contributed by atoms with E-state index in [0.717, 1.165) is 21.2 Å². The van der Waals surface area contributed by atoms with Gasteiger partial charge in [0.05, 0.1) is 7.11 Å². The number of nitrogen functional groups attached to an aromatic ring is 1. The van der Waals surface area contributed by atoms with Gasteiger partial charge in [-0.05, 0) is 36.4 Å². The van der Waals surface area contributed by atoms with Crippen LogP contribution >= 0.6 is 22.9 Å². The van der Waals surface area contributed by atoms with Crippen molar-refractivity contribution >= 4 is 51.0 Å². The Bertz CT molecular complexity index is 1360. The highest BCUT2D eigenvalue weighted by atomic mass is 35.5. The second kappa shape index (κ2) is 9.93. The molecule has 1 amide bonds. The number of benzene rings is 2. The van der Waals surface area contributed by atoms with Crippen LogP contribution in [0.15, 0.2) is 48.5 Å². The first-order chi connectivity index (χ1) is 17.0. The summed E-state index contributed by atoms with van der Waals surface area (Å²) in [7, 11) is 1.63. The topological polar surface area (TPSA) is 107 Å². The highest BCUT2D eigenvalue weighted by Gasteiger charge is 2.25. The molecule has 1 saturated heterocycles. The summed E-state index contributed by atoms with van der Waals surface area (Å²) in [5.41, 5.74) is 7.66. The third kappa shape index (κ3) is 5.08. The fourth-order valence-electron chi connectivity index (χ4n) is 3.86. The average Bonchev–Trinajstić information content (AvgIpc) is 3.32. The first-order valence-corrected chi connectivity index (χ1v) is 12.2. The molecule has 9 nitrogen and oxygen atoms in total. The van der Waals surface area contributed by atoms with E-state index in [1.165, 1.54) is 11.3 Å². The van der Waals surface area contributed by atoms with Crippen molar-refractivity contribution in [3.8, 4) is 22.1 Å². The number of rotatable bonds is 6. The Labute approximate surface area is 211 Å². The molecule has 0 atom stereocenters. The fourth-order valence-corrected chi connectivity index (χ4v) is 4.92. The Balaban J connectivity index is 1.29. The van der Waals surface area contributed by atoms with Crippen molar-refractivity contribution in [2.24, 2.45) is 0 Å². The lowest BCUT2D eigenvalue weighted by molar-refractivity contribution is -0.133. The van der Waals surface area contributed by atoms with E-state index in [9.17, 15) is 4.79 Å². The summed E-state index contributed by atoms with van der Waals surface area (Å²) in [4.78, 5) is 31.0. The predicted molar refractivity (Wildman–Crippen MR) is 137 cm³/mol. The number of halogens is 1. The van der Waals surface area contributed by atoms with Crippen LogP contribution in [0.5, 0.6) is 11.5 Å². The Morgan fingerprint density at radius 2 is 1.83 bits per heavy atom. The number of aromatic nitrogens is 3. The average molecular weight is 511 g/mol. The van der Waals surface area contributed by atoms with Crippen LogP contribution in [0, 0.1) is 0 Å². The van der Waals surface area contributed by atoms with Crippen LogP contribution < -0.4 is 20.1 Å². The van der Waals surface area contributed by atoms with E-state index in [0.29, 0.717) is 48.3 Å². The number of methoxy groups -OCH3 is 1. The van der Waals surface area contributed by atoms with Crippen LogP contribution in [0.3, 0.4) is 0 Å². The molecule has 4 aromatic rings. The lowest BCUT2D eigenvalue weighted by Gasteiger charge is -2.35. The number of carbonyl (C=O) groups is 1. The molecule has 0 spiro atoms. The van der Waals surface area contributed by atoms with Gasteiger partial charge in [0.1, 0.15) is 22.0 Å². The number of hydrogen-bond acceptors (Lipinski definition) is 9. The highest BCUT2D eigenvalue weighted by molar-refractivity contribution is 7.21. The van der Waals surface area contributed by atoms with Gasteiger partial charge in [0.15, 0.2) is 17.3 Å². The van der Waals surface area contributed by atoms with E-state index in [-0.39, 0.29) is 18.5 Å². The molecule has 0 bridgehead atoms. The minimum Gasteiger partial charge on any atom is -0.497 e. The normalized spacial score (nSPS) is 13.8. The lowest BCUT2D eigenvalue weighted by Crippen LogP contribution is -2.50. The lowest BCUT2D eigenvalue weighted by atomic mass is 10.2. The fraction of sp³-hybridized carbons (Fsp3) is 0.250. The molecule has 0 saturated carbocycles. The maximum absolute atomic E-state index is 12.7. The molecule has 1 aliphatic rings. The van der Waals surface area contributed by atoms with Crippen LogP contribution in [0.1, 0.15) is 0 Å². The van der Waals surface area contributed by atoms with Gasteiger partial charge >= 0.3 is 0 Å². The molecule has 5 rings (SSSR count). The molecule has 0 radical (unpaired) electrons. The second-order valence-corrected chi connectivity index (χ2v) is 9.33. The SMILES string of the molecule is COc1cccc(-c2nc3c(N4CCN(C(=O)COc5ccc(Cl)cc5)CC4)nc(N)nc3s2)c1. The first kappa shape index (κ1) is 23.1. The van der Waals surface area contributed by atoms with Crippen molar-refractivity contribution in [3.05, 3.63) is 53.6 Å². The number of nitrogens with zero attached hydrogens (tertiary/aromatic N) is 5. The summed E-state index contributed by atoms with van der Waals surface area (Å²) in [6.45, 7) is 2.26. The van der Waals surface area contributed by atoms with Gasteiger partial charge < -0.3 is 25.0 Å². The van der Waals surface area contributed by atoms with Crippen LogP contribution in [0.25, 0.3) is 20.9 Å². The number of thiazole rings is 1. The zero-order valence-electron chi connectivity index (χ0n) is 19.0. The molecule has 2 N–H and O–H groups in total. The van der Waals surface area contributed by atoms with E-state index in [1.54, 1.807) is 36.3 Å². The zero-order chi connectivity index (χ0) is 24.4. The largest absolute Gasteiger partial charge is 0.497 e. The third-order valence-corrected chi connectivity index (χ3v) is 6.93. The maximum atomic E-state index is 12.7. The molecule has 0 unspecified atom stereocenters. The van der Waals surface area contributed by atoms with Gasteiger partial charge in [0.2, 0.25) is 5.95 Å². The summed E-state index contributed by atoms with van der Waals surface area (Å²) in [6, 6.07) is 14.7. The maximum Gasteiger partial charge on any atom is 0.260 e. The minimum absolute atomic E-state index is 0.0255. The Morgan fingerprint density at radius 1 is 1.06 bits per heavy atom. The van der Waals surface area contributed by atoms with Crippen molar-refractivity contribution < 1.29 is 14.3 Å². The van der Waals surface area contributed by atoms with Crippen molar-refractivity contribution in [1.82, 2.24) is 19.9 Å². The molecule has 35 heavy (non-hydrogen) atoms. The molecule has 2 aromatic heterocycles. The van der Waals surface area contributed by atoms with E-state index in [2.05, 4.69) is 14.9 Å². The number of fused-ring (bicyclic) bond motifs is 1. The molecule has 2 aromatic carbocycles. The molecular weight excluding hydrogens is 488 g/mol. The van der Waals surface area contributed by atoms with Crippen LogP contribution in [0.2, 0.25) is 5.02 Å². The Kier molecular flexibility index (Phi) is 6.56. The summed E-state index contributed by atoms with van der Waals surface area (Å²) in [5.74, 6) is 2.18. The number of carbonyl (C=O) groups excluding carboxylic acids is 1. The number of ether oxygens (including phenoxy) is 2. The summed E-state index contributed by atoms with van der Waals surface area (Å²) in [5, 5.41) is 1.43. The summed E-state index contributed by atoms with van der Waals surface area (Å²) < 4.78 is 10.9. The van der Waals surface area contributed by atoms with Crippen LogP contribution in [-0.4, -0.2) is 65.7 Å². The molecular formula is C24H23ClN6O3S. The van der Waals surface area contributed by atoms with Gasteiger partial charge in [0.25, 0.3) is 5.91 Å². The van der Waals surface area contributed by atoms with E-state index in [4.69, 9.17) is 31.8 Å². The number of piperazine rings is 1. The predicted octanol–water partition coefficient (Wildman–Crippen LogP) is 3.73. The van der Waals surface area contributed by atoms with Crippen LogP contribution in [-0.2, 0) is 4.79 Å². The van der Waals surface area contributed by atoms with Crippen molar-refractivity contribution in [2.45, 2.75) is 0 Å². The standard InChI is InChI=1S/C24H23ClN6O3S/c1-33-18-4-2-3-15(13-18)22-27-20-21(28-24(26)29-23(20)35-22)31-11-9-30(10-12-31)19(32)14-34-17-7-5-16(25)6-8-17/h2-8,13H,9-12,14H2,1H3,(H2,26,28,29). The minimum atomic E-state index is -0.0686.